The predicted octanol–water partition coefficient (Wildman–Crippen LogP) is 2.53. The number of fused-ring (bicyclic) bond motifs is 1. The lowest BCUT2D eigenvalue weighted by molar-refractivity contribution is -0.119. The van der Waals surface area contributed by atoms with E-state index >= 15 is 0 Å². The maximum Gasteiger partial charge on any atom is 0.217 e. The molecule has 3 nitrogen and oxygen atoms in total. The molecule has 0 saturated carbocycles. The number of halogens is 2. The van der Waals surface area contributed by atoms with Crippen molar-refractivity contribution >= 4 is 27.6 Å². The van der Waals surface area contributed by atoms with Gasteiger partial charge < -0.3 is 5.32 Å². The summed E-state index contributed by atoms with van der Waals surface area (Å²) < 4.78 is 14.0. The number of carbonyl (C=O) groups is 2. The van der Waals surface area contributed by atoms with E-state index in [1.54, 1.807) is 6.92 Å². The van der Waals surface area contributed by atoms with Crippen LogP contribution < -0.4 is 5.32 Å². The zero-order valence-electron chi connectivity index (χ0n) is 10.1. The fourth-order valence-electron chi connectivity index (χ4n) is 2.32. The van der Waals surface area contributed by atoms with E-state index in [1.807, 2.05) is 0 Å². The number of carbonyl (C=O) groups excluding carboxylic acids is 2. The third kappa shape index (κ3) is 2.19. The smallest absolute Gasteiger partial charge is 0.217 e. The van der Waals surface area contributed by atoms with Crippen LogP contribution in [-0.2, 0) is 11.2 Å². The van der Waals surface area contributed by atoms with Crippen molar-refractivity contribution in [3.63, 3.8) is 0 Å². The van der Waals surface area contributed by atoms with Crippen LogP contribution >= 0.6 is 15.9 Å². The van der Waals surface area contributed by atoms with Gasteiger partial charge in [0.25, 0.3) is 0 Å². The van der Waals surface area contributed by atoms with Crippen molar-refractivity contribution in [2.75, 3.05) is 0 Å². The van der Waals surface area contributed by atoms with Gasteiger partial charge in [0.2, 0.25) is 5.91 Å². The van der Waals surface area contributed by atoms with Crippen LogP contribution in [0.5, 0.6) is 0 Å². The lowest BCUT2D eigenvalue weighted by Gasteiger charge is -2.26. The molecule has 0 aromatic heterocycles. The summed E-state index contributed by atoms with van der Waals surface area (Å²) in [7, 11) is 0. The molecule has 1 atom stereocenters. The lowest BCUT2D eigenvalue weighted by Crippen LogP contribution is -2.43. The first-order chi connectivity index (χ1) is 8.41. The van der Waals surface area contributed by atoms with Gasteiger partial charge in [-0.1, -0.05) is 0 Å². The van der Waals surface area contributed by atoms with E-state index in [4.69, 9.17) is 0 Å². The number of hydrogen-bond acceptors (Lipinski definition) is 2. The van der Waals surface area contributed by atoms with Crippen LogP contribution in [-0.4, -0.2) is 17.7 Å². The topological polar surface area (TPSA) is 46.2 Å². The molecule has 5 heteroatoms. The highest BCUT2D eigenvalue weighted by Crippen LogP contribution is 2.32. The molecule has 0 aliphatic heterocycles. The van der Waals surface area contributed by atoms with Gasteiger partial charge in [-0.25, -0.2) is 4.39 Å². The van der Waals surface area contributed by atoms with E-state index in [9.17, 15) is 14.0 Å². The molecule has 1 aromatic carbocycles. The fraction of sp³-hybridized carbons (Fsp3) is 0.385. The van der Waals surface area contributed by atoms with Gasteiger partial charge in [0.15, 0.2) is 5.78 Å². The summed E-state index contributed by atoms with van der Waals surface area (Å²) in [6, 6.07) is 0.804. The van der Waals surface area contributed by atoms with Gasteiger partial charge in [0.1, 0.15) is 5.82 Å². The number of nitrogens with one attached hydrogen (secondary N) is 1. The van der Waals surface area contributed by atoms with Gasteiger partial charge in [0.05, 0.1) is 6.04 Å². The van der Waals surface area contributed by atoms with E-state index in [1.165, 1.54) is 13.0 Å². The van der Waals surface area contributed by atoms with Crippen LogP contribution in [0, 0.1) is 12.7 Å². The van der Waals surface area contributed by atoms with Crippen molar-refractivity contribution < 1.29 is 14.0 Å². The quantitative estimate of drug-likeness (QED) is 0.866. The van der Waals surface area contributed by atoms with Gasteiger partial charge in [-0.3, -0.25) is 9.59 Å². The second-order valence-electron chi connectivity index (χ2n) is 4.47. The molecule has 1 aliphatic rings. The fourth-order valence-corrected chi connectivity index (χ4v) is 2.96. The van der Waals surface area contributed by atoms with Gasteiger partial charge in [-0.15, -0.1) is 0 Å². The molecular formula is C13H13BrFNO2. The third-order valence-corrected chi connectivity index (χ3v) is 3.85. The molecule has 1 unspecified atom stereocenters. The van der Waals surface area contributed by atoms with Crippen LogP contribution in [0.4, 0.5) is 4.39 Å². The summed E-state index contributed by atoms with van der Waals surface area (Å²) in [4.78, 5) is 23.3. The average Bonchev–Trinajstić information content (AvgIpc) is 2.28. The van der Waals surface area contributed by atoms with Gasteiger partial charge in [-0.05, 0) is 52.9 Å². The van der Waals surface area contributed by atoms with Crippen LogP contribution in [0.1, 0.15) is 34.8 Å². The van der Waals surface area contributed by atoms with Crippen molar-refractivity contribution in [1.29, 1.82) is 0 Å². The summed E-state index contributed by atoms with van der Waals surface area (Å²) in [5, 5.41) is 2.63. The number of Topliss-reactive ketones (excluding diaryl/α,β-unsaturated/α-hetero) is 1. The molecule has 1 aromatic rings. The first-order valence-electron chi connectivity index (χ1n) is 5.70. The minimum atomic E-state index is -0.504. The second-order valence-corrected chi connectivity index (χ2v) is 5.33. The van der Waals surface area contributed by atoms with Gasteiger partial charge in [0, 0.05) is 17.0 Å². The van der Waals surface area contributed by atoms with Crippen molar-refractivity contribution in [3.05, 3.63) is 33.0 Å². The van der Waals surface area contributed by atoms with E-state index in [0.29, 0.717) is 28.4 Å². The highest BCUT2D eigenvalue weighted by atomic mass is 79.9. The summed E-state index contributed by atoms with van der Waals surface area (Å²) in [6.07, 6.45) is 1.11. The molecule has 0 saturated heterocycles. The normalized spacial score (nSPS) is 18.4. The third-order valence-electron chi connectivity index (χ3n) is 3.23. The number of benzene rings is 1. The lowest BCUT2D eigenvalue weighted by atomic mass is 9.84. The Hall–Kier alpha value is -1.23. The minimum Gasteiger partial charge on any atom is -0.346 e. The molecule has 0 spiro atoms. The van der Waals surface area contributed by atoms with Crippen molar-refractivity contribution in [2.24, 2.45) is 0 Å². The van der Waals surface area contributed by atoms with Crippen molar-refractivity contribution in [2.45, 2.75) is 32.7 Å². The SMILES string of the molecule is CC(=O)NC1CCc2c(C)c(F)cc(Br)c2C1=O. The van der Waals surface area contributed by atoms with Crippen LogP contribution in [0.3, 0.4) is 0 Å². The maximum absolute atomic E-state index is 13.6. The molecule has 1 aliphatic carbocycles. The zero-order chi connectivity index (χ0) is 13.4. The highest BCUT2D eigenvalue weighted by molar-refractivity contribution is 9.10. The first-order valence-corrected chi connectivity index (χ1v) is 6.50. The van der Waals surface area contributed by atoms with Gasteiger partial charge >= 0.3 is 0 Å². The molecule has 0 heterocycles. The molecule has 18 heavy (non-hydrogen) atoms. The summed E-state index contributed by atoms with van der Waals surface area (Å²) in [5.41, 5.74) is 1.76. The van der Waals surface area contributed by atoms with Crippen molar-refractivity contribution in [3.8, 4) is 0 Å². The van der Waals surface area contributed by atoms with E-state index in [0.717, 1.165) is 5.56 Å². The monoisotopic (exact) mass is 313 g/mol. The Kier molecular flexibility index (Phi) is 3.52. The molecule has 1 N–H and O–H groups in total. The molecule has 1 amide bonds. The maximum atomic E-state index is 13.6. The zero-order valence-corrected chi connectivity index (χ0v) is 11.7. The number of rotatable bonds is 1. The van der Waals surface area contributed by atoms with Crippen molar-refractivity contribution in [1.82, 2.24) is 5.32 Å². The molecule has 0 fully saturated rings. The Morgan fingerprint density at radius 2 is 2.22 bits per heavy atom. The van der Waals surface area contributed by atoms with E-state index < -0.39 is 6.04 Å². The van der Waals surface area contributed by atoms with Crippen LogP contribution in [0.15, 0.2) is 10.5 Å². The molecule has 96 valence electrons. The van der Waals surface area contributed by atoms with Gasteiger partial charge in [-0.2, -0.15) is 0 Å². The number of ketones is 1. The van der Waals surface area contributed by atoms with Crippen LogP contribution in [0.25, 0.3) is 0 Å². The molecule has 0 radical (unpaired) electrons. The van der Waals surface area contributed by atoms with Crippen LogP contribution in [0.2, 0.25) is 0 Å². The largest absolute Gasteiger partial charge is 0.346 e. The Balaban J connectivity index is 2.47. The molecular weight excluding hydrogens is 301 g/mol. The number of hydrogen-bond donors (Lipinski definition) is 1. The Bertz CT molecular complexity index is 542. The summed E-state index contributed by atoms with van der Waals surface area (Å²) in [5.74, 6) is -0.695. The van der Waals surface area contributed by atoms with E-state index in [2.05, 4.69) is 21.2 Å². The summed E-state index contributed by atoms with van der Waals surface area (Å²) in [6.45, 7) is 3.06. The first kappa shape index (κ1) is 13.2. The minimum absolute atomic E-state index is 0.151. The van der Waals surface area contributed by atoms with E-state index in [-0.39, 0.29) is 17.5 Å². The Labute approximate surface area is 113 Å². The molecule has 2 rings (SSSR count). The average molecular weight is 314 g/mol. The highest BCUT2D eigenvalue weighted by Gasteiger charge is 2.31. The predicted molar refractivity (Wildman–Crippen MR) is 69.1 cm³/mol. The Morgan fingerprint density at radius 3 is 2.83 bits per heavy atom. The summed E-state index contributed by atoms with van der Waals surface area (Å²) >= 11 is 3.23. The molecule has 0 bridgehead atoms. The standard InChI is InChI=1S/C13H13BrFNO2/c1-6-8-3-4-11(16-7(2)17)13(18)12(8)9(14)5-10(6)15/h5,11H,3-4H2,1-2H3,(H,16,17). The second kappa shape index (κ2) is 4.80. The number of amides is 1. The Morgan fingerprint density at radius 1 is 1.56 bits per heavy atom.